The number of ether oxygens (including phenoxy) is 2. The summed E-state index contributed by atoms with van der Waals surface area (Å²) in [7, 11) is 3.34. The van der Waals surface area contributed by atoms with Crippen molar-refractivity contribution in [2.45, 2.75) is 0 Å². The highest BCUT2D eigenvalue weighted by Crippen LogP contribution is 2.37. The van der Waals surface area contributed by atoms with Gasteiger partial charge in [0.1, 0.15) is 11.5 Å². The number of nitrogens with zero attached hydrogens (tertiary/aromatic N) is 1. The minimum absolute atomic E-state index is 0.774. The van der Waals surface area contributed by atoms with Gasteiger partial charge in [0.25, 0.3) is 0 Å². The first-order valence-corrected chi connectivity index (χ1v) is 12.6. The minimum atomic E-state index is 0.774. The van der Waals surface area contributed by atoms with E-state index in [1.807, 2.05) is 30.3 Å². The molecular weight excluding hydrogens is 474 g/mol. The summed E-state index contributed by atoms with van der Waals surface area (Å²) in [6.45, 7) is 0. The number of hydrogen-bond donors (Lipinski definition) is 0. The molecule has 5 aromatic rings. The third kappa shape index (κ3) is 4.99. The largest absolute Gasteiger partial charge is 0.497 e. The van der Waals surface area contributed by atoms with E-state index in [0.29, 0.717) is 0 Å². The maximum Gasteiger partial charge on any atom is 0.160 e. The fraction of sp³-hybridized carbons (Fsp3) is 0.0690. The molecule has 0 saturated carbocycles. The number of benzene rings is 3. The van der Waals surface area contributed by atoms with Gasteiger partial charge in [-0.15, -0.1) is 22.7 Å². The van der Waals surface area contributed by atoms with Gasteiger partial charge in [-0.05, 0) is 84.4 Å². The Hall–Kier alpha value is -3.87. The maximum atomic E-state index is 11.0. The molecule has 0 aliphatic heterocycles. The SMILES string of the molecule is COc1ccc(N(c2ccc(/C=C/c3cc4sc(C=O)cc4s3)cc2)c2ccc(OC)cc2)cc1. The molecule has 0 atom stereocenters. The van der Waals surface area contributed by atoms with Crippen molar-refractivity contribution in [2.75, 3.05) is 19.1 Å². The number of fused-ring (bicyclic) bond motifs is 1. The Labute approximate surface area is 212 Å². The fourth-order valence-electron chi connectivity index (χ4n) is 3.84. The number of thiophene rings is 2. The van der Waals surface area contributed by atoms with E-state index in [-0.39, 0.29) is 0 Å². The lowest BCUT2D eigenvalue weighted by atomic mass is 10.1. The standard InChI is InChI=1S/C29H23NO3S2/c1-32-24-12-8-22(9-13-24)30(23-10-14-25(33-2)15-11-23)21-6-3-20(4-7-21)5-16-26-17-28-29(34-26)18-27(19-31)35-28/h3-19H,1-2H3/b16-5+. The van der Waals surface area contributed by atoms with E-state index in [1.54, 1.807) is 25.6 Å². The van der Waals surface area contributed by atoms with E-state index in [1.165, 1.54) is 16.2 Å². The number of hydrogen-bond acceptors (Lipinski definition) is 6. The minimum Gasteiger partial charge on any atom is -0.497 e. The van der Waals surface area contributed by atoms with Crippen LogP contribution in [0.25, 0.3) is 21.6 Å². The van der Waals surface area contributed by atoms with Gasteiger partial charge in [0, 0.05) is 31.3 Å². The third-order valence-corrected chi connectivity index (χ3v) is 7.80. The second-order valence-electron chi connectivity index (χ2n) is 7.80. The van der Waals surface area contributed by atoms with Gasteiger partial charge in [0.05, 0.1) is 19.1 Å². The van der Waals surface area contributed by atoms with Crippen LogP contribution in [0, 0.1) is 0 Å². The van der Waals surface area contributed by atoms with Gasteiger partial charge < -0.3 is 14.4 Å². The van der Waals surface area contributed by atoms with Crippen molar-refractivity contribution in [3.05, 3.63) is 100 Å². The Morgan fingerprint density at radius 2 is 1.09 bits per heavy atom. The molecule has 0 bridgehead atoms. The number of methoxy groups -OCH3 is 2. The van der Waals surface area contributed by atoms with Gasteiger partial charge in [0.2, 0.25) is 0 Å². The smallest absolute Gasteiger partial charge is 0.160 e. The van der Waals surface area contributed by atoms with Crippen LogP contribution in [0.2, 0.25) is 0 Å². The molecule has 174 valence electrons. The van der Waals surface area contributed by atoms with E-state index >= 15 is 0 Å². The van der Waals surface area contributed by atoms with E-state index in [0.717, 1.165) is 54.7 Å². The van der Waals surface area contributed by atoms with E-state index in [9.17, 15) is 4.79 Å². The third-order valence-electron chi connectivity index (χ3n) is 5.61. The van der Waals surface area contributed by atoms with Crippen LogP contribution >= 0.6 is 22.7 Å². The molecule has 35 heavy (non-hydrogen) atoms. The van der Waals surface area contributed by atoms with E-state index in [4.69, 9.17) is 9.47 Å². The first kappa shape index (κ1) is 22.9. The summed E-state index contributed by atoms with van der Waals surface area (Å²) in [5, 5.41) is 0. The van der Waals surface area contributed by atoms with Gasteiger partial charge >= 0.3 is 0 Å². The molecule has 0 amide bonds. The lowest BCUT2D eigenvalue weighted by Crippen LogP contribution is -2.09. The molecule has 2 aromatic heterocycles. The van der Waals surface area contributed by atoms with Crippen molar-refractivity contribution < 1.29 is 14.3 Å². The quantitative estimate of drug-likeness (QED) is 0.202. The maximum absolute atomic E-state index is 11.0. The monoisotopic (exact) mass is 497 g/mol. The van der Waals surface area contributed by atoms with Crippen LogP contribution in [0.4, 0.5) is 17.1 Å². The Bertz CT molecular complexity index is 1380. The van der Waals surface area contributed by atoms with Crippen molar-refractivity contribution in [1.82, 2.24) is 0 Å². The summed E-state index contributed by atoms with van der Waals surface area (Å²) in [4.78, 5) is 15.1. The zero-order chi connectivity index (χ0) is 24.2. The normalized spacial score (nSPS) is 11.1. The second kappa shape index (κ2) is 10.2. The van der Waals surface area contributed by atoms with Crippen LogP contribution in [-0.4, -0.2) is 20.5 Å². The van der Waals surface area contributed by atoms with Crippen LogP contribution < -0.4 is 14.4 Å². The first-order valence-electron chi connectivity index (χ1n) is 11.0. The molecule has 0 N–H and O–H groups in total. The van der Waals surface area contributed by atoms with Crippen LogP contribution in [0.1, 0.15) is 20.1 Å². The number of aldehydes is 1. The number of carbonyl (C=O) groups is 1. The van der Waals surface area contributed by atoms with Crippen LogP contribution in [0.5, 0.6) is 11.5 Å². The summed E-state index contributed by atoms with van der Waals surface area (Å²) in [5.41, 5.74) is 4.24. The molecular formula is C29H23NO3S2. The molecule has 0 unspecified atom stereocenters. The molecule has 0 radical (unpaired) electrons. The summed E-state index contributed by atoms with van der Waals surface area (Å²) < 4.78 is 13.0. The Balaban J connectivity index is 1.42. The molecule has 4 nitrogen and oxygen atoms in total. The zero-order valence-corrected chi connectivity index (χ0v) is 20.9. The Morgan fingerprint density at radius 3 is 1.57 bits per heavy atom. The summed E-state index contributed by atoms with van der Waals surface area (Å²) >= 11 is 3.23. The van der Waals surface area contributed by atoms with Gasteiger partial charge in [-0.25, -0.2) is 0 Å². The molecule has 0 spiro atoms. The van der Waals surface area contributed by atoms with Crippen molar-refractivity contribution >= 4 is 67.6 Å². The van der Waals surface area contributed by atoms with Gasteiger partial charge in [-0.1, -0.05) is 18.2 Å². The van der Waals surface area contributed by atoms with Crippen molar-refractivity contribution in [3.63, 3.8) is 0 Å². The molecule has 5 rings (SSSR count). The predicted molar refractivity (Wildman–Crippen MR) is 148 cm³/mol. The molecule has 2 heterocycles. The second-order valence-corrected chi connectivity index (χ2v) is 10.0. The average Bonchev–Trinajstić information content (AvgIpc) is 3.48. The van der Waals surface area contributed by atoms with Gasteiger partial charge in [-0.3, -0.25) is 4.79 Å². The highest BCUT2D eigenvalue weighted by Gasteiger charge is 2.13. The van der Waals surface area contributed by atoms with E-state index in [2.05, 4.69) is 71.6 Å². The van der Waals surface area contributed by atoms with Crippen LogP contribution in [-0.2, 0) is 0 Å². The first-order chi connectivity index (χ1) is 17.2. The Morgan fingerprint density at radius 1 is 0.629 bits per heavy atom. The van der Waals surface area contributed by atoms with Gasteiger partial charge in [-0.2, -0.15) is 0 Å². The number of carbonyl (C=O) groups excluding carboxylic acids is 1. The molecule has 0 saturated heterocycles. The molecule has 0 fully saturated rings. The molecule has 3 aromatic carbocycles. The Kier molecular flexibility index (Phi) is 6.66. The van der Waals surface area contributed by atoms with Crippen molar-refractivity contribution in [1.29, 1.82) is 0 Å². The zero-order valence-electron chi connectivity index (χ0n) is 19.3. The fourth-order valence-corrected chi connectivity index (χ4v) is 5.97. The summed E-state index contributed by atoms with van der Waals surface area (Å²) in [5.74, 6) is 1.64. The lowest BCUT2D eigenvalue weighted by molar-refractivity contribution is 0.112. The van der Waals surface area contributed by atoms with E-state index < -0.39 is 0 Å². The highest BCUT2D eigenvalue weighted by molar-refractivity contribution is 7.28. The average molecular weight is 498 g/mol. The topological polar surface area (TPSA) is 38.8 Å². The van der Waals surface area contributed by atoms with Crippen LogP contribution in [0.15, 0.2) is 84.9 Å². The lowest BCUT2D eigenvalue weighted by Gasteiger charge is -2.26. The van der Waals surface area contributed by atoms with Crippen LogP contribution in [0.3, 0.4) is 0 Å². The predicted octanol–water partition coefficient (Wildman–Crippen LogP) is 8.43. The van der Waals surface area contributed by atoms with Crippen molar-refractivity contribution in [3.8, 4) is 11.5 Å². The summed E-state index contributed by atoms with van der Waals surface area (Å²) in [6.07, 6.45) is 5.15. The number of rotatable bonds is 8. The summed E-state index contributed by atoms with van der Waals surface area (Å²) in [6, 6.07) is 28.6. The highest BCUT2D eigenvalue weighted by atomic mass is 32.1. The number of anilines is 3. The molecule has 0 aliphatic rings. The molecule has 0 aliphatic carbocycles. The van der Waals surface area contributed by atoms with Gasteiger partial charge in [0.15, 0.2) is 6.29 Å². The molecule has 6 heteroatoms. The van der Waals surface area contributed by atoms with Crippen molar-refractivity contribution in [2.24, 2.45) is 0 Å².